The monoisotopic (exact) mass is 315 g/mol. The van der Waals surface area contributed by atoms with Gasteiger partial charge >= 0.3 is 12.6 Å². The molecule has 120 valence electrons. The van der Waals surface area contributed by atoms with Crippen molar-refractivity contribution in [3.63, 3.8) is 0 Å². The molecule has 0 aromatic heterocycles. The number of hydrogen-bond donors (Lipinski definition) is 2. The van der Waals surface area contributed by atoms with E-state index in [9.17, 15) is 18.4 Å². The molecule has 1 amide bonds. The van der Waals surface area contributed by atoms with Crippen LogP contribution in [0.5, 0.6) is 11.5 Å². The van der Waals surface area contributed by atoms with Crippen molar-refractivity contribution in [3.05, 3.63) is 23.8 Å². The third-order valence-corrected chi connectivity index (χ3v) is 3.46. The summed E-state index contributed by atoms with van der Waals surface area (Å²) in [7, 11) is 1.28. The molecule has 0 aliphatic heterocycles. The molecule has 2 rings (SSSR count). The van der Waals surface area contributed by atoms with E-state index >= 15 is 0 Å². The third-order valence-electron chi connectivity index (χ3n) is 3.46. The van der Waals surface area contributed by atoms with Gasteiger partial charge in [0.05, 0.1) is 13.0 Å². The maximum absolute atomic E-state index is 12.2. The number of aliphatic carboxylic acids is 1. The maximum Gasteiger partial charge on any atom is 0.387 e. The fraction of sp³-hybridized carbons (Fsp3) is 0.429. The second-order valence-electron chi connectivity index (χ2n) is 4.92. The molecular formula is C14H15F2NO5. The van der Waals surface area contributed by atoms with Crippen molar-refractivity contribution in [1.82, 2.24) is 5.32 Å². The lowest BCUT2D eigenvalue weighted by molar-refractivity contribution is -0.145. The standard InChI is InChI=1S/C14H15F2NO5/c1-21-11-6-7(2-3-10(11)22-14(15)16)12(18)17-9-4-8(5-9)13(19)20/h2-3,6,8-9,14H,4-5H2,1H3,(H,17,18)(H,19,20). The molecule has 2 N–H and O–H groups in total. The third kappa shape index (κ3) is 3.63. The van der Waals surface area contributed by atoms with Crippen molar-refractivity contribution < 1.29 is 33.0 Å². The molecule has 1 aromatic carbocycles. The van der Waals surface area contributed by atoms with Gasteiger partial charge in [0.25, 0.3) is 5.91 Å². The summed E-state index contributed by atoms with van der Waals surface area (Å²) in [5, 5.41) is 11.5. The molecule has 0 radical (unpaired) electrons. The lowest BCUT2D eigenvalue weighted by Crippen LogP contribution is -2.46. The number of rotatable bonds is 6. The van der Waals surface area contributed by atoms with Gasteiger partial charge < -0.3 is 19.9 Å². The lowest BCUT2D eigenvalue weighted by Gasteiger charge is -2.32. The van der Waals surface area contributed by atoms with Gasteiger partial charge in [-0.1, -0.05) is 0 Å². The van der Waals surface area contributed by atoms with Crippen molar-refractivity contribution in [2.45, 2.75) is 25.5 Å². The molecule has 1 saturated carbocycles. The first-order chi connectivity index (χ1) is 10.4. The first-order valence-corrected chi connectivity index (χ1v) is 6.57. The fourth-order valence-electron chi connectivity index (χ4n) is 2.21. The summed E-state index contributed by atoms with van der Waals surface area (Å²) >= 11 is 0. The van der Waals surface area contributed by atoms with Gasteiger partial charge in [0.2, 0.25) is 0 Å². The van der Waals surface area contributed by atoms with Gasteiger partial charge in [0.1, 0.15) is 0 Å². The van der Waals surface area contributed by atoms with Crippen LogP contribution < -0.4 is 14.8 Å². The number of carboxylic acids is 1. The number of carboxylic acid groups (broad SMARTS) is 1. The summed E-state index contributed by atoms with van der Waals surface area (Å²) < 4.78 is 33.6. The fourth-order valence-corrected chi connectivity index (χ4v) is 2.21. The predicted octanol–water partition coefficient (Wildman–Crippen LogP) is 1.89. The van der Waals surface area contributed by atoms with Crippen LogP contribution in [0.3, 0.4) is 0 Å². The van der Waals surface area contributed by atoms with Gasteiger partial charge in [0.15, 0.2) is 11.5 Å². The molecule has 22 heavy (non-hydrogen) atoms. The van der Waals surface area contributed by atoms with Crippen molar-refractivity contribution >= 4 is 11.9 Å². The first kappa shape index (κ1) is 16.0. The van der Waals surface area contributed by atoms with Crippen LogP contribution in [0.15, 0.2) is 18.2 Å². The first-order valence-electron chi connectivity index (χ1n) is 6.57. The zero-order chi connectivity index (χ0) is 16.3. The summed E-state index contributed by atoms with van der Waals surface area (Å²) in [6.07, 6.45) is 0.759. The maximum atomic E-state index is 12.2. The van der Waals surface area contributed by atoms with E-state index in [2.05, 4.69) is 10.1 Å². The largest absolute Gasteiger partial charge is 0.493 e. The van der Waals surface area contributed by atoms with Crippen LogP contribution in [0.25, 0.3) is 0 Å². The van der Waals surface area contributed by atoms with Crippen molar-refractivity contribution in [2.75, 3.05) is 7.11 Å². The molecule has 0 bridgehead atoms. The summed E-state index contributed by atoms with van der Waals surface area (Å²) in [6, 6.07) is 3.65. The average molecular weight is 315 g/mol. The molecule has 1 aliphatic rings. The number of amides is 1. The quantitative estimate of drug-likeness (QED) is 0.837. The minimum atomic E-state index is -2.99. The lowest BCUT2D eigenvalue weighted by atomic mass is 9.80. The summed E-state index contributed by atoms with van der Waals surface area (Å²) in [5.74, 6) is -1.87. The Morgan fingerprint density at radius 1 is 1.32 bits per heavy atom. The highest BCUT2D eigenvalue weighted by molar-refractivity contribution is 5.95. The minimum Gasteiger partial charge on any atom is -0.493 e. The van der Waals surface area contributed by atoms with Gasteiger partial charge in [-0.3, -0.25) is 9.59 Å². The molecular weight excluding hydrogens is 300 g/mol. The van der Waals surface area contributed by atoms with E-state index in [1.54, 1.807) is 0 Å². The Morgan fingerprint density at radius 2 is 2.00 bits per heavy atom. The summed E-state index contributed by atoms with van der Waals surface area (Å²) in [5.41, 5.74) is 0.220. The van der Waals surface area contributed by atoms with Crippen LogP contribution in [0.1, 0.15) is 23.2 Å². The van der Waals surface area contributed by atoms with E-state index in [1.165, 1.54) is 25.3 Å². The molecule has 0 spiro atoms. The van der Waals surface area contributed by atoms with Crippen molar-refractivity contribution in [1.29, 1.82) is 0 Å². The van der Waals surface area contributed by atoms with E-state index in [4.69, 9.17) is 9.84 Å². The van der Waals surface area contributed by atoms with Crippen LogP contribution >= 0.6 is 0 Å². The number of alkyl halides is 2. The van der Waals surface area contributed by atoms with E-state index in [0.717, 1.165) is 0 Å². The molecule has 0 saturated heterocycles. The normalized spacial score (nSPS) is 20.2. The number of carbonyl (C=O) groups excluding carboxylic acids is 1. The van der Waals surface area contributed by atoms with Crippen LogP contribution in [0.4, 0.5) is 8.78 Å². The van der Waals surface area contributed by atoms with Gasteiger partial charge in [-0.25, -0.2) is 0 Å². The topological polar surface area (TPSA) is 84.9 Å². The highest BCUT2D eigenvalue weighted by Gasteiger charge is 2.35. The van der Waals surface area contributed by atoms with Crippen molar-refractivity contribution in [2.24, 2.45) is 5.92 Å². The molecule has 0 heterocycles. The van der Waals surface area contributed by atoms with Crippen LogP contribution in [-0.4, -0.2) is 36.7 Å². The second-order valence-corrected chi connectivity index (χ2v) is 4.92. The molecule has 0 atom stereocenters. The highest BCUT2D eigenvalue weighted by Crippen LogP contribution is 2.31. The van der Waals surface area contributed by atoms with Crippen LogP contribution in [0, 0.1) is 5.92 Å². The van der Waals surface area contributed by atoms with Gasteiger partial charge in [0, 0.05) is 11.6 Å². The molecule has 6 nitrogen and oxygen atoms in total. The van der Waals surface area contributed by atoms with Gasteiger partial charge in [-0.15, -0.1) is 0 Å². The van der Waals surface area contributed by atoms with Gasteiger partial charge in [-0.2, -0.15) is 8.78 Å². The van der Waals surface area contributed by atoms with Crippen LogP contribution in [-0.2, 0) is 4.79 Å². The van der Waals surface area contributed by atoms with E-state index < -0.39 is 24.4 Å². The van der Waals surface area contributed by atoms with E-state index in [0.29, 0.717) is 12.8 Å². The molecule has 1 aliphatic carbocycles. The minimum absolute atomic E-state index is 0.0185. The molecule has 8 heteroatoms. The zero-order valence-electron chi connectivity index (χ0n) is 11.7. The predicted molar refractivity (Wildman–Crippen MR) is 71.2 cm³/mol. The Hall–Kier alpha value is -2.38. The number of nitrogens with one attached hydrogen (secondary N) is 1. The SMILES string of the molecule is COc1cc(C(=O)NC2CC(C(=O)O)C2)ccc1OC(F)F. The van der Waals surface area contributed by atoms with Crippen LogP contribution in [0.2, 0.25) is 0 Å². The number of hydrogen-bond acceptors (Lipinski definition) is 4. The Morgan fingerprint density at radius 3 is 2.55 bits per heavy atom. The Kier molecular flexibility index (Phi) is 4.79. The number of ether oxygens (including phenoxy) is 2. The number of benzene rings is 1. The Bertz CT molecular complexity index is 572. The summed E-state index contributed by atoms with van der Waals surface area (Å²) in [6.45, 7) is -2.99. The number of methoxy groups -OCH3 is 1. The Labute approximate surface area is 125 Å². The Balaban J connectivity index is 2.00. The van der Waals surface area contributed by atoms with Gasteiger partial charge in [-0.05, 0) is 31.0 Å². The number of halogens is 2. The second kappa shape index (κ2) is 6.59. The van der Waals surface area contributed by atoms with E-state index in [-0.39, 0.29) is 23.1 Å². The number of carbonyl (C=O) groups is 2. The van der Waals surface area contributed by atoms with Crippen molar-refractivity contribution in [3.8, 4) is 11.5 Å². The highest BCUT2D eigenvalue weighted by atomic mass is 19.3. The zero-order valence-corrected chi connectivity index (χ0v) is 11.7. The summed E-state index contributed by atoms with van der Waals surface area (Å²) in [4.78, 5) is 22.7. The molecule has 1 aromatic rings. The molecule has 1 fully saturated rings. The average Bonchev–Trinajstić information content (AvgIpc) is 2.41. The smallest absolute Gasteiger partial charge is 0.387 e. The van der Waals surface area contributed by atoms with E-state index in [1.807, 2.05) is 0 Å². The molecule has 0 unspecified atom stereocenters.